The second kappa shape index (κ2) is 7.62. The Morgan fingerprint density at radius 1 is 1.42 bits per heavy atom. The van der Waals surface area contributed by atoms with Gasteiger partial charge in [0.1, 0.15) is 0 Å². The lowest BCUT2D eigenvalue weighted by molar-refractivity contribution is -0.125. The molecular weight excluding hydrogens is 304 g/mol. The Labute approximate surface area is 144 Å². The average Bonchev–Trinajstić information content (AvgIpc) is 2.61. The van der Waals surface area contributed by atoms with E-state index in [1.54, 1.807) is 13.3 Å². The van der Waals surface area contributed by atoms with Crippen LogP contribution in [0.3, 0.4) is 0 Å². The van der Waals surface area contributed by atoms with Crippen LogP contribution in [0.4, 0.5) is 0 Å². The third kappa shape index (κ3) is 3.95. The van der Waals surface area contributed by atoms with Crippen LogP contribution in [-0.4, -0.2) is 54.8 Å². The fourth-order valence-electron chi connectivity index (χ4n) is 3.90. The van der Waals surface area contributed by atoms with E-state index in [-0.39, 0.29) is 11.5 Å². The van der Waals surface area contributed by atoms with Gasteiger partial charge in [-0.15, -0.1) is 0 Å². The molecule has 0 radical (unpaired) electrons. The molecule has 5 nitrogen and oxygen atoms in total. The van der Waals surface area contributed by atoms with Gasteiger partial charge in [0.15, 0.2) is 0 Å². The zero-order chi connectivity index (χ0) is 17.0. The van der Waals surface area contributed by atoms with E-state index in [0.29, 0.717) is 11.5 Å². The second-order valence-electron chi connectivity index (χ2n) is 7.15. The number of rotatable bonds is 4. The number of aromatic nitrogens is 1. The van der Waals surface area contributed by atoms with Crippen LogP contribution in [0, 0.1) is 12.8 Å². The van der Waals surface area contributed by atoms with Gasteiger partial charge in [-0.3, -0.25) is 9.78 Å². The molecule has 0 aliphatic carbocycles. The number of nitrogens with zero attached hydrogens (tertiary/aromatic N) is 2. The molecule has 132 valence electrons. The molecule has 3 rings (SSSR count). The quantitative estimate of drug-likeness (QED) is 0.851. The van der Waals surface area contributed by atoms with E-state index in [4.69, 9.17) is 9.47 Å². The van der Waals surface area contributed by atoms with Gasteiger partial charge in [-0.25, -0.2) is 0 Å². The predicted octanol–water partition coefficient (Wildman–Crippen LogP) is 2.83. The van der Waals surface area contributed by atoms with Gasteiger partial charge in [0.05, 0.1) is 11.2 Å². The lowest BCUT2D eigenvalue weighted by atomic mass is 9.78. The molecule has 1 spiro atoms. The lowest BCUT2D eigenvalue weighted by Gasteiger charge is -2.46. The summed E-state index contributed by atoms with van der Waals surface area (Å²) >= 11 is 0. The first kappa shape index (κ1) is 17.4. The lowest BCUT2D eigenvalue weighted by Crippen LogP contribution is -2.50. The van der Waals surface area contributed by atoms with Crippen molar-refractivity contribution < 1.29 is 14.3 Å². The number of carbonyl (C=O) groups excluding carboxylic acids is 1. The Kier molecular flexibility index (Phi) is 5.51. The van der Waals surface area contributed by atoms with Crippen LogP contribution in [-0.2, 0) is 9.47 Å². The standard InChI is InChI=1S/C19H28N2O3/c1-15-3-4-17(14-20-15)18(22)21-9-7-19(8-10-21)13-16(5-11-23-2)6-12-24-19/h3-4,14,16H,5-13H2,1-2H3. The topological polar surface area (TPSA) is 51.7 Å². The van der Waals surface area contributed by atoms with Gasteiger partial charge < -0.3 is 14.4 Å². The highest BCUT2D eigenvalue weighted by molar-refractivity contribution is 5.94. The number of pyridine rings is 1. The van der Waals surface area contributed by atoms with Gasteiger partial charge in [-0.1, -0.05) is 0 Å². The summed E-state index contributed by atoms with van der Waals surface area (Å²) in [4.78, 5) is 18.8. The van der Waals surface area contributed by atoms with Gasteiger partial charge in [0.25, 0.3) is 5.91 Å². The number of methoxy groups -OCH3 is 1. The maximum atomic E-state index is 12.6. The van der Waals surface area contributed by atoms with E-state index >= 15 is 0 Å². The highest BCUT2D eigenvalue weighted by Crippen LogP contribution is 2.38. The molecule has 3 heterocycles. The molecule has 2 fully saturated rings. The van der Waals surface area contributed by atoms with Crippen LogP contribution in [0.25, 0.3) is 0 Å². The van der Waals surface area contributed by atoms with E-state index in [1.807, 2.05) is 24.0 Å². The van der Waals surface area contributed by atoms with Crippen LogP contribution in [0.5, 0.6) is 0 Å². The fraction of sp³-hybridized carbons (Fsp3) is 0.684. The SMILES string of the molecule is COCCC1CCOC2(CCN(C(=O)c3ccc(C)nc3)CC2)C1. The van der Waals surface area contributed by atoms with Crippen molar-refractivity contribution in [3.63, 3.8) is 0 Å². The van der Waals surface area contributed by atoms with E-state index in [0.717, 1.165) is 64.1 Å². The minimum absolute atomic E-state index is 0.0288. The molecule has 2 aliphatic rings. The molecule has 0 bridgehead atoms. The average molecular weight is 332 g/mol. The van der Waals surface area contributed by atoms with Crippen LogP contribution >= 0.6 is 0 Å². The highest BCUT2D eigenvalue weighted by atomic mass is 16.5. The summed E-state index contributed by atoms with van der Waals surface area (Å²) < 4.78 is 11.4. The maximum Gasteiger partial charge on any atom is 0.255 e. The van der Waals surface area contributed by atoms with E-state index in [1.165, 1.54) is 0 Å². The van der Waals surface area contributed by atoms with Crippen LogP contribution in [0.1, 0.15) is 48.2 Å². The van der Waals surface area contributed by atoms with Crippen molar-refractivity contribution >= 4 is 5.91 Å². The van der Waals surface area contributed by atoms with Gasteiger partial charge in [0.2, 0.25) is 0 Å². The number of piperidine rings is 1. The number of carbonyl (C=O) groups is 1. The maximum absolute atomic E-state index is 12.6. The van der Waals surface area contributed by atoms with Crippen molar-refractivity contribution in [3.05, 3.63) is 29.6 Å². The van der Waals surface area contributed by atoms with Crippen molar-refractivity contribution in [2.45, 2.75) is 44.6 Å². The molecule has 2 aliphatic heterocycles. The first-order valence-electron chi connectivity index (χ1n) is 8.97. The Balaban J connectivity index is 1.56. The molecule has 0 aromatic carbocycles. The van der Waals surface area contributed by atoms with Crippen molar-refractivity contribution in [1.29, 1.82) is 0 Å². The van der Waals surface area contributed by atoms with Crippen LogP contribution in [0.15, 0.2) is 18.3 Å². The summed E-state index contributed by atoms with van der Waals surface area (Å²) in [6.45, 7) is 5.13. The van der Waals surface area contributed by atoms with Crippen molar-refractivity contribution in [2.75, 3.05) is 33.4 Å². The normalized spacial score (nSPS) is 23.4. The smallest absolute Gasteiger partial charge is 0.255 e. The van der Waals surface area contributed by atoms with Crippen molar-refractivity contribution in [3.8, 4) is 0 Å². The molecule has 24 heavy (non-hydrogen) atoms. The number of aryl methyl sites for hydroxylation is 1. The number of likely N-dealkylation sites (tertiary alicyclic amines) is 1. The molecule has 1 amide bonds. The fourth-order valence-corrected chi connectivity index (χ4v) is 3.90. The number of amides is 1. The largest absolute Gasteiger partial charge is 0.385 e. The summed E-state index contributed by atoms with van der Waals surface area (Å²) in [6.07, 6.45) is 6.88. The summed E-state index contributed by atoms with van der Waals surface area (Å²) in [5.41, 5.74) is 1.58. The summed E-state index contributed by atoms with van der Waals surface area (Å²) in [5.74, 6) is 0.770. The van der Waals surface area contributed by atoms with Gasteiger partial charge in [0, 0.05) is 45.3 Å². The first-order chi connectivity index (χ1) is 11.6. The molecule has 0 saturated carbocycles. The predicted molar refractivity (Wildman–Crippen MR) is 92.0 cm³/mol. The van der Waals surface area contributed by atoms with Crippen LogP contribution in [0.2, 0.25) is 0 Å². The summed E-state index contributed by atoms with van der Waals surface area (Å²) in [5, 5.41) is 0. The van der Waals surface area contributed by atoms with Crippen molar-refractivity contribution in [2.24, 2.45) is 5.92 Å². The number of hydrogen-bond acceptors (Lipinski definition) is 4. The Hall–Kier alpha value is -1.46. The minimum atomic E-state index is -0.0288. The summed E-state index contributed by atoms with van der Waals surface area (Å²) in [6, 6.07) is 3.76. The van der Waals surface area contributed by atoms with Gasteiger partial charge >= 0.3 is 0 Å². The second-order valence-corrected chi connectivity index (χ2v) is 7.15. The zero-order valence-electron chi connectivity index (χ0n) is 14.8. The number of hydrogen-bond donors (Lipinski definition) is 0. The Morgan fingerprint density at radius 3 is 2.88 bits per heavy atom. The van der Waals surface area contributed by atoms with E-state index in [9.17, 15) is 4.79 Å². The Morgan fingerprint density at radius 2 is 2.21 bits per heavy atom. The first-order valence-corrected chi connectivity index (χ1v) is 8.97. The van der Waals surface area contributed by atoms with E-state index < -0.39 is 0 Å². The van der Waals surface area contributed by atoms with Crippen molar-refractivity contribution in [1.82, 2.24) is 9.88 Å². The van der Waals surface area contributed by atoms with Gasteiger partial charge in [-0.05, 0) is 57.1 Å². The third-order valence-corrected chi connectivity index (χ3v) is 5.45. The number of ether oxygens (including phenoxy) is 2. The molecule has 1 atom stereocenters. The van der Waals surface area contributed by atoms with Gasteiger partial charge in [-0.2, -0.15) is 0 Å². The molecular formula is C19H28N2O3. The Bertz CT molecular complexity index is 550. The minimum Gasteiger partial charge on any atom is -0.385 e. The molecule has 1 unspecified atom stereocenters. The third-order valence-electron chi connectivity index (χ3n) is 5.45. The highest BCUT2D eigenvalue weighted by Gasteiger charge is 2.41. The molecule has 1 aromatic heterocycles. The zero-order valence-corrected chi connectivity index (χ0v) is 14.8. The molecule has 5 heteroatoms. The summed E-state index contributed by atoms with van der Waals surface area (Å²) in [7, 11) is 1.76. The van der Waals surface area contributed by atoms with E-state index in [2.05, 4.69) is 4.98 Å². The molecule has 1 aromatic rings. The van der Waals surface area contributed by atoms with Crippen LogP contribution < -0.4 is 0 Å². The monoisotopic (exact) mass is 332 g/mol. The molecule has 0 N–H and O–H groups in total. The molecule has 2 saturated heterocycles.